The number of anilines is 2. The van der Waals surface area contributed by atoms with Crippen molar-refractivity contribution in [3.05, 3.63) is 57.6 Å². The normalized spacial score (nSPS) is 14.5. The van der Waals surface area contributed by atoms with E-state index >= 15 is 0 Å². The number of hydrogen-bond acceptors (Lipinski definition) is 3. The van der Waals surface area contributed by atoms with Crippen molar-refractivity contribution in [2.45, 2.75) is 6.92 Å². The van der Waals surface area contributed by atoms with E-state index in [1.807, 2.05) is 19.1 Å². The highest BCUT2D eigenvalue weighted by Crippen LogP contribution is 2.25. The quantitative estimate of drug-likeness (QED) is 0.877. The molecule has 1 heterocycles. The van der Waals surface area contributed by atoms with Crippen molar-refractivity contribution in [3.63, 3.8) is 0 Å². The molecule has 0 spiro atoms. The van der Waals surface area contributed by atoms with Gasteiger partial charge >= 0.3 is 0 Å². The number of carbonyl (C=O) groups is 1. The first-order chi connectivity index (χ1) is 11.5. The van der Waals surface area contributed by atoms with Crippen molar-refractivity contribution < 1.29 is 9.53 Å². The Balaban J connectivity index is 1.76. The third-order valence-corrected chi connectivity index (χ3v) is 4.40. The molecule has 0 bridgehead atoms. The number of morpholine rings is 1. The highest BCUT2D eigenvalue weighted by molar-refractivity contribution is 6.35. The minimum absolute atomic E-state index is 0.235. The van der Waals surface area contributed by atoms with Crippen molar-refractivity contribution in [1.29, 1.82) is 0 Å². The summed E-state index contributed by atoms with van der Waals surface area (Å²) in [4.78, 5) is 14.7. The molecule has 3 rings (SSSR count). The van der Waals surface area contributed by atoms with Crippen LogP contribution in [0.1, 0.15) is 15.9 Å². The zero-order chi connectivity index (χ0) is 17.1. The van der Waals surface area contributed by atoms with E-state index in [0.717, 1.165) is 43.2 Å². The van der Waals surface area contributed by atoms with Crippen LogP contribution in [0.15, 0.2) is 36.4 Å². The minimum Gasteiger partial charge on any atom is -0.378 e. The average Bonchev–Trinajstić information content (AvgIpc) is 2.56. The van der Waals surface area contributed by atoms with Crippen LogP contribution in [0.3, 0.4) is 0 Å². The standard InChI is InChI=1S/C18H18Cl2N2O2/c1-12-8-16(22-4-6-24-7-5-22)2-3-17(12)21-18(23)13-9-14(19)11-15(20)10-13/h2-3,8-11H,4-7H2,1H3,(H,21,23). The number of halogens is 2. The second-order valence-corrected chi connectivity index (χ2v) is 6.58. The predicted molar refractivity (Wildman–Crippen MR) is 98.6 cm³/mol. The number of amides is 1. The molecule has 1 N–H and O–H groups in total. The molecule has 2 aromatic rings. The van der Waals surface area contributed by atoms with Gasteiger partial charge < -0.3 is 15.0 Å². The molecule has 2 aromatic carbocycles. The molecule has 1 fully saturated rings. The summed E-state index contributed by atoms with van der Waals surface area (Å²) in [5.74, 6) is -0.235. The van der Waals surface area contributed by atoms with E-state index in [2.05, 4.69) is 16.3 Å². The molecule has 0 aromatic heterocycles. The summed E-state index contributed by atoms with van der Waals surface area (Å²) in [6.45, 7) is 5.23. The van der Waals surface area contributed by atoms with Crippen LogP contribution < -0.4 is 10.2 Å². The first-order valence-corrected chi connectivity index (χ1v) is 8.49. The van der Waals surface area contributed by atoms with E-state index < -0.39 is 0 Å². The molecule has 24 heavy (non-hydrogen) atoms. The molecule has 0 unspecified atom stereocenters. The van der Waals surface area contributed by atoms with Crippen LogP contribution in [0.2, 0.25) is 10.0 Å². The van der Waals surface area contributed by atoms with Crippen LogP contribution >= 0.6 is 23.2 Å². The summed E-state index contributed by atoms with van der Waals surface area (Å²) in [6, 6.07) is 10.8. The Kier molecular flexibility index (Phi) is 5.29. The Labute approximate surface area is 151 Å². The molecule has 6 heteroatoms. The molecule has 1 aliphatic heterocycles. The van der Waals surface area contributed by atoms with Gasteiger partial charge in [0, 0.05) is 40.1 Å². The van der Waals surface area contributed by atoms with E-state index in [1.165, 1.54) is 0 Å². The van der Waals surface area contributed by atoms with Gasteiger partial charge in [0.05, 0.1) is 13.2 Å². The van der Waals surface area contributed by atoms with Gasteiger partial charge in [-0.15, -0.1) is 0 Å². The van der Waals surface area contributed by atoms with Crippen LogP contribution in [-0.2, 0) is 4.74 Å². The lowest BCUT2D eigenvalue weighted by Gasteiger charge is -2.29. The third kappa shape index (κ3) is 4.01. The Bertz CT molecular complexity index is 738. The van der Waals surface area contributed by atoms with Crippen molar-refractivity contribution in [1.82, 2.24) is 0 Å². The molecule has 1 saturated heterocycles. The van der Waals surface area contributed by atoms with E-state index in [-0.39, 0.29) is 5.91 Å². The fourth-order valence-corrected chi connectivity index (χ4v) is 3.21. The maximum Gasteiger partial charge on any atom is 0.255 e. The predicted octanol–water partition coefficient (Wildman–Crippen LogP) is 4.39. The van der Waals surface area contributed by atoms with Crippen molar-refractivity contribution >= 4 is 40.5 Å². The largest absolute Gasteiger partial charge is 0.378 e. The van der Waals surface area contributed by atoms with E-state index in [4.69, 9.17) is 27.9 Å². The second kappa shape index (κ2) is 7.43. The first kappa shape index (κ1) is 17.1. The Morgan fingerprint density at radius 2 is 1.75 bits per heavy atom. The highest BCUT2D eigenvalue weighted by Gasteiger charge is 2.14. The van der Waals surface area contributed by atoms with Gasteiger partial charge in [0.2, 0.25) is 0 Å². The number of carbonyl (C=O) groups excluding carboxylic acids is 1. The van der Waals surface area contributed by atoms with Crippen LogP contribution in [0.4, 0.5) is 11.4 Å². The second-order valence-electron chi connectivity index (χ2n) is 5.71. The maximum absolute atomic E-state index is 12.4. The Morgan fingerprint density at radius 3 is 2.38 bits per heavy atom. The number of hydrogen-bond donors (Lipinski definition) is 1. The topological polar surface area (TPSA) is 41.6 Å². The Morgan fingerprint density at radius 1 is 1.08 bits per heavy atom. The zero-order valence-electron chi connectivity index (χ0n) is 13.3. The van der Waals surface area contributed by atoms with E-state index in [0.29, 0.717) is 15.6 Å². The summed E-state index contributed by atoms with van der Waals surface area (Å²) in [5.41, 5.74) is 3.34. The minimum atomic E-state index is -0.235. The SMILES string of the molecule is Cc1cc(N2CCOCC2)ccc1NC(=O)c1cc(Cl)cc(Cl)c1. The van der Waals surface area contributed by atoms with Crippen LogP contribution in [0, 0.1) is 6.92 Å². The number of benzene rings is 2. The fourth-order valence-electron chi connectivity index (χ4n) is 2.69. The smallest absolute Gasteiger partial charge is 0.255 e. The molecular formula is C18H18Cl2N2O2. The number of aryl methyl sites for hydroxylation is 1. The lowest BCUT2D eigenvalue weighted by molar-refractivity contribution is 0.102. The van der Waals surface area contributed by atoms with Gasteiger partial charge in [-0.1, -0.05) is 23.2 Å². The van der Waals surface area contributed by atoms with Gasteiger partial charge in [0.15, 0.2) is 0 Å². The Hall–Kier alpha value is -1.75. The van der Waals surface area contributed by atoms with Crippen molar-refractivity contribution in [3.8, 4) is 0 Å². The van der Waals surface area contributed by atoms with Gasteiger partial charge in [-0.3, -0.25) is 4.79 Å². The zero-order valence-corrected chi connectivity index (χ0v) is 14.8. The van der Waals surface area contributed by atoms with Crippen LogP contribution in [-0.4, -0.2) is 32.2 Å². The monoisotopic (exact) mass is 364 g/mol. The molecule has 0 atom stereocenters. The van der Waals surface area contributed by atoms with Gasteiger partial charge in [-0.2, -0.15) is 0 Å². The average molecular weight is 365 g/mol. The summed E-state index contributed by atoms with van der Waals surface area (Å²) in [6.07, 6.45) is 0. The summed E-state index contributed by atoms with van der Waals surface area (Å²) < 4.78 is 5.38. The number of nitrogens with one attached hydrogen (secondary N) is 1. The molecule has 0 aliphatic carbocycles. The third-order valence-electron chi connectivity index (χ3n) is 3.96. The molecule has 0 saturated carbocycles. The first-order valence-electron chi connectivity index (χ1n) is 7.74. The summed E-state index contributed by atoms with van der Waals surface area (Å²) in [5, 5.41) is 3.79. The maximum atomic E-state index is 12.4. The lowest BCUT2D eigenvalue weighted by atomic mass is 10.1. The molecule has 4 nitrogen and oxygen atoms in total. The fraction of sp³-hybridized carbons (Fsp3) is 0.278. The van der Waals surface area contributed by atoms with Crippen molar-refractivity contribution in [2.75, 3.05) is 36.5 Å². The molecule has 0 radical (unpaired) electrons. The number of ether oxygens (including phenoxy) is 1. The van der Waals surface area contributed by atoms with Gasteiger partial charge in [-0.05, 0) is 48.9 Å². The van der Waals surface area contributed by atoms with Crippen LogP contribution in [0.5, 0.6) is 0 Å². The van der Waals surface area contributed by atoms with Gasteiger partial charge in [-0.25, -0.2) is 0 Å². The highest BCUT2D eigenvalue weighted by atomic mass is 35.5. The summed E-state index contributed by atoms with van der Waals surface area (Å²) in [7, 11) is 0. The van der Waals surface area contributed by atoms with Gasteiger partial charge in [0.25, 0.3) is 5.91 Å². The van der Waals surface area contributed by atoms with Gasteiger partial charge in [0.1, 0.15) is 0 Å². The summed E-state index contributed by atoms with van der Waals surface area (Å²) >= 11 is 11.9. The van der Waals surface area contributed by atoms with E-state index in [9.17, 15) is 4.79 Å². The number of rotatable bonds is 3. The van der Waals surface area contributed by atoms with E-state index in [1.54, 1.807) is 18.2 Å². The number of nitrogens with zero attached hydrogens (tertiary/aromatic N) is 1. The van der Waals surface area contributed by atoms with Crippen molar-refractivity contribution in [2.24, 2.45) is 0 Å². The lowest BCUT2D eigenvalue weighted by Crippen LogP contribution is -2.36. The molecule has 126 valence electrons. The molecular weight excluding hydrogens is 347 g/mol. The molecule has 1 aliphatic rings. The van der Waals surface area contributed by atoms with Crippen LogP contribution in [0.25, 0.3) is 0 Å². The molecule has 1 amide bonds.